The average Bonchev–Trinajstić information content (AvgIpc) is 2.83. The minimum atomic E-state index is -0.606. The Balaban J connectivity index is 1.53. The molecule has 0 spiro atoms. The van der Waals surface area contributed by atoms with Crippen LogP contribution in [0.3, 0.4) is 0 Å². The van der Waals surface area contributed by atoms with Gasteiger partial charge in [0.05, 0.1) is 32.3 Å². The maximum Gasteiger partial charge on any atom is 0.314 e. The van der Waals surface area contributed by atoms with Gasteiger partial charge in [-0.15, -0.1) is 0 Å². The van der Waals surface area contributed by atoms with E-state index in [1.807, 2.05) is 30.0 Å². The molecule has 3 fully saturated rings. The molecule has 1 aromatic carbocycles. The van der Waals surface area contributed by atoms with Crippen molar-refractivity contribution in [3.63, 3.8) is 0 Å². The highest BCUT2D eigenvalue weighted by molar-refractivity contribution is 5.95. The van der Waals surface area contributed by atoms with E-state index in [-0.39, 0.29) is 17.8 Å². The first kappa shape index (κ1) is 22.1. The molecule has 31 heavy (non-hydrogen) atoms. The number of methoxy groups -OCH3 is 1. The van der Waals surface area contributed by atoms with E-state index in [1.165, 1.54) is 0 Å². The zero-order valence-electron chi connectivity index (χ0n) is 18.7. The summed E-state index contributed by atoms with van der Waals surface area (Å²) in [4.78, 5) is 30.9. The molecule has 4 rings (SSSR count). The van der Waals surface area contributed by atoms with Crippen LogP contribution in [0.4, 0.5) is 0 Å². The summed E-state index contributed by atoms with van der Waals surface area (Å²) in [6.07, 6.45) is 3.53. The molecule has 3 atom stereocenters. The van der Waals surface area contributed by atoms with Crippen molar-refractivity contribution < 1.29 is 23.8 Å². The fraction of sp³-hybridized carbons (Fsp3) is 0.667. The van der Waals surface area contributed by atoms with Crippen molar-refractivity contribution in [2.24, 2.45) is 11.3 Å². The highest BCUT2D eigenvalue weighted by atomic mass is 16.5. The fourth-order valence-corrected chi connectivity index (χ4v) is 5.63. The number of rotatable bonds is 5. The zero-order chi connectivity index (χ0) is 21.8. The molecule has 2 heterocycles. The Morgan fingerprint density at radius 1 is 1.19 bits per heavy atom. The van der Waals surface area contributed by atoms with Gasteiger partial charge in [0.2, 0.25) is 0 Å². The number of piperidine rings is 1. The molecule has 0 radical (unpaired) electrons. The monoisotopic (exact) mass is 430 g/mol. The highest BCUT2D eigenvalue weighted by Crippen LogP contribution is 2.48. The Morgan fingerprint density at radius 3 is 2.74 bits per heavy atom. The lowest BCUT2D eigenvalue weighted by atomic mass is 9.61. The minimum absolute atomic E-state index is 0.0451. The van der Waals surface area contributed by atoms with Gasteiger partial charge in [0.1, 0.15) is 5.75 Å². The predicted octanol–water partition coefficient (Wildman–Crippen LogP) is 2.59. The van der Waals surface area contributed by atoms with E-state index >= 15 is 0 Å². The number of ether oxygens (including phenoxy) is 3. The molecule has 3 aliphatic rings. The Kier molecular flexibility index (Phi) is 6.82. The first-order valence-corrected chi connectivity index (χ1v) is 11.5. The van der Waals surface area contributed by atoms with E-state index in [2.05, 4.69) is 4.90 Å². The van der Waals surface area contributed by atoms with Crippen molar-refractivity contribution in [3.05, 3.63) is 29.8 Å². The lowest BCUT2D eigenvalue weighted by Crippen LogP contribution is -2.59. The Hall–Kier alpha value is -2.12. The van der Waals surface area contributed by atoms with Crippen LogP contribution in [0, 0.1) is 11.3 Å². The molecular weight excluding hydrogens is 396 g/mol. The third-order valence-corrected chi connectivity index (χ3v) is 7.33. The molecule has 1 saturated carbocycles. The molecule has 0 bridgehead atoms. The van der Waals surface area contributed by atoms with Gasteiger partial charge in [-0.1, -0.05) is 6.07 Å². The summed E-state index contributed by atoms with van der Waals surface area (Å²) >= 11 is 0. The third kappa shape index (κ3) is 4.44. The number of benzene rings is 1. The predicted molar refractivity (Wildman–Crippen MR) is 116 cm³/mol. The van der Waals surface area contributed by atoms with E-state index in [0.29, 0.717) is 37.1 Å². The second-order valence-electron chi connectivity index (χ2n) is 8.90. The van der Waals surface area contributed by atoms with Crippen LogP contribution in [0.15, 0.2) is 24.3 Å². The number of fused-ring (bicyclic) bond motifs is 1. The number of nitrogens with zero attached hydrogens (tertiary/aromatic N) is 2. The quantitative estimate of drug-likeness (QED) is 0.669. The van der Waals surface area contributed by atoms with Crippen molar-refractivity contribution in [3.8, 4) is 5.75 Å². The molecule has 7 heteroatoms. The summed E-state index contributed by atoms with van der Waals surface area (Å²) in [6.45, 7) is 6.81. The van der Waals surface area contributed by atoms with Crippen molar-refractivity contribution in [1.82, 2.24) is 9.80 Å². The second kappa shape index (κ2) is 9.57. The molecule has 0 unspecified atom stereocenters. The molecule has 2 aliphatic heterocycles. The van der Waals surface area contributed by atoms with Gasteiger partial charge in [-0.3, -0.25) is 14.5 Å². The van der Waals surface area contributed by atoms with Gasteiger partial charge < -0.3 is 19.1 Å². The molecule has 0 aromatic heterocycles. The van der Waals surface area contributed by atoms with Crippen molar-refractivity contribution >= 4 is 11.9 Å². The largest absolute Gasteiger partial charge is 0.497 e. The third-order valence-electron chi connectivity index (χ3n) is 7.33. The van der Waals surface area contributed by atoms with Crippen molar-refractivity contribution in [1.29, 1.82) is 0 Å². The van der Waals surface area contributed by atoms with Crippen LogP contribution in [0.1, 0.15) is 43.0 Å². The maximum absolute atomic E-state index is 13.3. The first-order valence-electron chi connectivity index (χ1n) is 11.5. The van der Waals surface area contributed by atoms with Gasteiger partial charge in [0.25, 0.3) is 5.91 Å². The standard InChI is InChI=1S/C24H34N2O5/c1-3-31-23(28)24-9-7-20(25-11-13-30-14-12-25)16-19(24)8-10-26(17-24)22(27)18-5-4-6-21(15-18)29-2/h4-6,15,19-20H,3,7-14,16-17H2,1-2H3/t19-,20-,24-/m1/s1. The van der Waals surface area contributed by atoms with Crippen LogP contribution in [0.5, 0.6) is 5.75 Å². The van der Waals surface area contributed by atoms with Crippen molar-refractivity contribution in [2.45, 2.75) is 38.6 Å². The number of hydrogen-bond donors (Lipinski definition) is 0. The molecule has 0 N–H and O–H groups in total. The number of amides is 1. The lowest BCUT2D eigenvalue weighted by Gasteiger charge is -2.52. The molecule has 7 nitrogen and oxygen atoms in total. The number of likely N-dealkylation sites (tertiary alicyclic amines) is 1. The van der Waals surface area contributed by atoms with Gasteiger partial charge in [-0.2, -0.15) is 0 Å². The van der Waals surface area contributed by atoms with Crippen LogP contribution >= 0.6 is 0 Å². The minimum Gasteiger partial charge on any atom is -0.497 e. The molecule has 2 saturated heterocycles. The highest BCUT2D eigenvalue weighted by Gasteiger charge is 2.54. The van der Waals surface area contributed by atoms with Gasteiger partial charge >= 0.3 is 5.97 Å². The number of esters is 1. The van der Waals surface area contributed by atoms with Crippen molar-refractivity contribution in [2.75, 3.05) is 53.1 Å². The zero-order valence-corrected chi connectivity index (χ0v) is 18.7. The van der Waals surface area contributed by atoms with E-state index in [0.717, 1.165) is 52.0 Å². The van der Waals surface area contributed by atoms with Gasteiger partial charge in [0.15, 0.2) is 0 Å². The number of carbonyl (C=O) groups excluding carboxylic acids is 2. The van der Waals surface area contributed by atoms with E-state index in [4.69, 9.17) is 14.2 Å². The maximum atomic E-state index is 13.3. The summed E-state index contributed by atoms with van der Waals surface area (Å²) in [5, 5.41) is 0. The first-order chi connectivity index (χ1) is 15.1. The summed E-state index contributed by atoms with van der Waals surface area (Å²) in [5.41, 5.74) is -0.00946. The Labute approximate surface area is 184 Å². The molecular formula is C24H34N2O5. The lowest BCUT2D eigenvalue weighted by molar-refractivity contribution is -0.168. The van der Waals surface area contributed by atoms with E-state index in [9.17, 15) is 9.59 Å². The Morgan fingerprint density at radius 2 is 2.00 bits per heavy atom. The summed E-state index contributed by atoms with van der Waals surface area (Å²) in [6, 6.07) is 7.71. The van der Waals surface area contributed by atoms with Crippen LogP contribution < -0.4 is 4.74 Å². The van der Waals surface area contributed by atoms with Gasteiger partial charge in [-0.05, 0) is 56.7 Å². The normalized spacial score (nSPS) is 29.2. The number of carbonyl (C=O) groups is 2. The molecule has 1 aromatic rings. The van der Waals surface area contributed by atoms with Crippen LogP contribution in [-0.2, 0) is 14.3 Å². The molecule has 1 aliphatic carbocycles. The molecule has 170 valence electrons. The van der Waals surface area contributed by atoms with E-state index in [1.54, 1.807) is 13.2 Å². The average molecular weight is 431 g/mol. The fourth-order valence-electron chi connectivity index (χ4n) is 5.63. The number of hydrogen-bond acceptors (Lipinski definition) is 6. The summed E-state index contributed by atoms with van der Waals surface area (Å²) in [7, 11) is 1.59. The van der Waals surface area contributed by atoms with Crippen LogP contribution in [0.2, 0.25) is 0 Å². The summed E-state index contributed by atoms with van der Waals surface area (Å²) < 4.78 is 16.4. The van der Waals surface area contributed by atoms with Crippen LogP contribution in [-0.4, -0.2) is 80.8 Å². The van der Waals surface area contributed by atoms with Crippen LogP contribution in [0.25, 0.3) is 0 Å². The van der Waals surface area contributed by atoms with Gasteiger partial charge in [0, 0.05) is 37.8 Å². The second-order valence-corrected chi connectivity index (χ2v) is 8.90. The Bertz CT molecular complexity index is 794. The number of morpholine rings is 1. The molecule has 1 amide bonds. The van der Waals surface area contributed by atoms with E-state index < -0.39 is 5.41 Å². The smallest absolute Gasteiger partial charge is 0.314 e. The summed E-state index contributed by atoms with van der Waals surface area (Å²) in [5.74, 6) is 0.717. The van der Waals surface area contributed by atoms with Gasteiger partial charge in [-0.25, -0.2) is 0 Å². The SMILES string of the molecule is CCOC(=O)[C@@]12CC[C@@H](N3CCOCC3)C[C@H]1CCN(C(=O)c1cccc(OC)c1)C2. The topological polar surface area (TPSA) is 68.3 Å².